The van der Waals surface area contributed by atoms with Gasteiger partial charge in [-0.15, -0.1) is 0 Å². The first-order chi connectivity index (χ1) is 13.1. The number of hydrogen-bond donors (Lipinski definition) is 0. The molecule has 2 nitrogen and oxygen atoms in total. The fourth-order valence-electron chi connectivity index (χ4n) is 4.93. The molecule has 0 amide bonds. The van der Waals surface area contributed by atoms with E-state index < -0.39 is 5.92 Å². The second-order valence-corrected chi connectivity index (χ2v) is 7.81. The molecule has 2 aliphatic rings. The van der Waals surface area contributed by atoms with Gasteiger partial charge in [-0.3, -0.25) is 9.59 Å². The maximum Gasteiger partial charge on any atom is 0.167 e. The number of carbonyl (C=O) groups excluding carboxylic acids is 2. The van der Waals surface area contributed by atoms with Crippen LogP contribution in [-0.2, 0) is 9.59 Å². The molecule has 4 atom stereocenters. The van der Waals surface area contributed by atoms with E-state index in [1.54, 1.807) is 13.0 Å². The number of fused-ring (bicyclic) bond motifs is 1. The van der Waals surface area contributed by atoms with E-state index >= 15 is 0 Å². The van der Waals surface area contributed by atoms with Crippen molar-refractivity contribution in [2.45, 2.75) is 32.1 Å². The third-order valence-electron chi connectivity index (χ3n) is 5.98. The smallest absolute Gasteiger partial charge is 0.167 e. The Morgan fingerprint density at radius 1 is 0.852 bits per heavy atom. The first-order valence-electron chi connectivity index (χ1n) is 9.59. The van der Waals surface area contributed by atoms with Crippen LogP contribution in [0.1, 0.15) is 43.2 Å². The zero-order chi connectivity index (χ0) is 19.0. The predicted molar refractivity (Wildman–Crippen MR) is 107 cm³/mol. The second kappa shape index (κ2) is 7.11. The van der Waals surface area contributed by atoms with Crippen LogP contribution in [0.4, 0.5) is 0 Å². The average molecular weight is 356 g/mol. The fourth-order valence-corrected chi connectivity index (χ4v) is 4.93. The molecule has 2 aromatic carbocycles. The summed E-state index contributed by atoms with van der Waals surface area (Å²) >= 11 is 0. The zero-order valence-corrected chi connectivity index (χ0v) is 15.8. The van der Waals surface area contributed by atoms with Crippen molar-refractivity contribution in [3.63, 3.8) is 0 Å². The number of carbonyl (C=O) groups is 2. The number of benzene rings is 2. The standard InChI is InChI=1S/C25H24O2/c1-16-13-20-15-22(27)23(17(2)26)25(19-11-7-4-8-12-19)24(20)21(14-16)18-9-5-3-6-10-18/h3-13,15,21,23-25H,14H2,1-2H3. The first-order valence-corrected chi connectivity index (χ1v) is 9.59. The van der Waals surface area contributed by atoms with E-state index in [-0.39, 0.29) is 29.3 Å². The van der Waals surface area contributed by atoms with Crippen molar-refractivity contribution in [1.82, 2.24) is 0 Å². The summed E-state index contributed by atoms with van der Waals surface area (Å²) in [5.41, 5.74) is 4.71. The Kier molecular flexibility index (Phi) is 4.65. The van der Waals surface area contributed by atoms with Gasteiger partial charge in [-0.2, -0.15) is 0 Å². The molecule has 4 rings (SSSR count). The molecule has 2 heteroatoms. The van der Waals surface area contributed by atoms with Gasteiger partial charge in [0.2, 0.25) is 0 Å². The minimum absolute atomic E-state index is 0.0396. The van der Waals surface area contributed by atoms with E-state index in [2.05, 4.69) is 49.4 Å². The summed E-state index contributed by atoms with van der Waals surface area (Å²) in [5, 5.41) is 0. The molecule has 0 bridgehead atoms. The molecule has 0 heterocycles. The lowest BCUT2D eigenvalue weighted by Gasteiger charge is -2.43. The minimum Gasteiger partial charge on any atom is -0.299 e. The second-order valence-electron chi connectivity index (χ2n) is 7.81. The first kappa shape index (κ1) is 17.7. The van der Waals surface area contributed by atoms with Crippen LogP contribution in [0.3, 0.4) is 0 Å². The Bertz CT molecular complexity index is 921. The van der Waals surface area contributed by atoms with Gasteiger partial charge in [0, 0.05) is 5.92 Å². The Balaban J connectivity index is 1.91. The van der Waals surface area contributed by atoms with Crippen molar-refractivity contribution in [2.24, 2.45) is 11.8 Å². The molecule has 0 fully saturated rings. The molecule has 27 heavy (non-hydrogen) atoms. The van der Waals surface area contributed by atoms with E-state index in [0.717, 1.165) is 17.6 Å². The molecular formula is C25H24O2. The highest BCUT2D eigenvalue weighted by atomic mass is 16.1. The van der Waals surface area contributed by atoms with Crippen LogP contribution in [0.15, 0.2) is 84.0 Å². The van der Waals surface area contributed by atoms with Crippen LogP contribution < -0.4 is 0 Å². The van der Waals surface area contributed by atoms with Crippen molar-refractivity contribution in [2.75, 3.05) is 0 Å². The van der Waals surface area contributed by atoms with Gasteiger partial charge in [0.15, 0.2) is 5.78 Å². The summed E-state index contributed by atoms with van der Waals surface area (Å²) in [7, 11) is 0. The topological polar surface area (TPSA) is 34.1 Å². The van der Waals surface area contributed by atoms with Crippen molar-refractivity contribution < 1.29 is 9.59 Å². The number of ketones is 2. The van der Waals surface area contributed by atoms with E-state index in [1.165, 1.54) is 11.1 Å². The molecule has 2 aromatic rings. The summed E-state index contributed by atoms with van der Waals surface area (Å²) in [6.45, 7) is 3.69. The number of hydrogen-bond acceptors (Lipinski definition) is 2. The van der Waals surface area contributed by atoms with Gasteiger partial charge in [-0.05, 0) is 54.9 Å². The number of allylic oxidation sites excluding steroid dienone is 4. The maximum absolute atomic E-state index is 12.9. The molecule has 0 saturated carbocycles. The van der Waals surface area contributed by atoms with Gasteiger partial charge in [0.25, 0.3) is 0 Å². The summed E-state index contributed by atoms with van der Waals surface area (Å²) in [6.07, 6.45) is 4.84. The lowest BCUT2D eigenvalue weighted by atomic mass is 9.59. The highest BCUT2D eigenvalue weighted by molar-refractivity contribution is 6.09. The van der Waals surface area contributed by atoms with Crippen molar-refractivity contribution >= 4 is 11.6 Å². The third-order valence-corrected chi connectivity index (χ3v) is 5.98. The van der Waals surface area contributed by atoms with Crippen molar-refractivity contribution in [3.8, 4) is 0 Å². The lowest BCUT2D eigenvalue weighted by Crippen LogP contribution is -2.40. The van der Waals surface area contributed by atoms with Gasteiger partial charge in [-0.1, -0.05) is 72.3 Å². The minimum atomic E-state index is -0.598. The monoisotopic (exact) mass is 356 g/mol. The Labute approximate surface area is 160 Å². The average Bonchev–Trinajstić information content (AvgIpc) is 2.67. The highest BCUT2D eigenvalue weighted by Crippen LogP contribution is 2.52. The molecule has 0 N–H and O–H groups in total. The van der Waals surface area contributed by atoms with E-state index in [4.69, 9.17) is 0 Å². The van der Waals surface area contributed by atoms with Gasteiger partial charge >= 0.3 is 0 Å². The van der Waals surface area contributed by atoms with Gasteiger partial charge < -0.3 is 0 Å². The molecular weight excluding hydrogens is 332 g/mol. The number of Topliss-reactive ketones (excluding diaryl/α,β-unsaturated/α-hetero) is 1. The zero-order valence-electron chi connectivity index (χ0n) is 15.8. The SMILES string of the molecule is CC(=O)C1C(=O)C=C2C=C(C)CC(c3ccccc3)C2C1c1ccccc1. The normalized spacial score (nSPS) is 27.4. The maximum atomic E-state index is 12.9. The van der Waals surface area contributed by atoms with Crippen LogP contribution >= 0.6 is 0 Å². The van der Waals surface area contributed by atoms with Crippen LogP contribution in [-0.4, -0.2) is 11.6 Å². The molecule has 136 valence electrons. The Morgan fingerprint density at radius 2 is 1.44 bits per heavy atom. The van der Waals surface area contributed by atoms with Crippen LogP contribution in [0, 0.1) is 11.8 Å². The Morgan fingerprint density at radius 3 is 2.04 bits per heavy atom. The molecule has 0 aromatic heterocycles. The summed E-state index contributed by atoms with van der Waals surface area (Å²) in [4.78, 5) is 25.4. The molecule has 2 aliphatic carbocycles. The molecule has 4 unspecified atom stereocenters. The molecule has 0 saturated heterocycles. The van der Waals surface area contributed by atoms with Gasteiger partial charge in [0.1, 0.15) is 5.78 Å². The van der Waals surface area contributed by atoms with Crippen LogP contribution in [0.2, 0.25) is 0 Å². The van der Waals surface area contributed by atoms with Crippen LogP contribution in [0.25, 0.3) is 0 Å². The highest BCUT2D eigenvalue weighted by Gasteiger charge is 2.46. The predicted octanol–water partition coefficient (Wildman–Crippen LogP) is 5.23. The molecule has 0 spiro atoms. The largest absolute Gasteiger partial charge is 0.299 e. The van der Waals surface area contributed by atoms with Gasteiger partial charge in [0.05, 0.1) is 5.92 Å². The van der Waals surface area contributed by atoms with Crippen LogP contribution in [0.5, 0.6) is 0 Å². The fraction of sp³-hybridized carbons (Fsp3) is 0.280. The molecule has 0 aliphatic heterocycles. The van der Waals surface area contributed by atoms with Gasteiger partial charge in [-0.25, -0.2) is 0 Å². The molecule has 0 radical (unpaired) electrons. The Hall–Kier alpha value is -2.74. The lowest BCUT2D eigenvalue weighted by molar-refractivity contribution is -0.131. The summed E-state index contributed by atoms with van der Waals surface area (Å²) in [6, 6.07) is 20.6. The van der Waals surface area contributed by atoms with E-state index in [0.29, 0.717) is 0 Å². The third kappa shape index (κ3) is 3.21. The van der Waals surface area contributed by atoms with E-state index in [9.17, 15) is 9.59 Å². The van der Waals surface area contributed by atoms with E-state index in [1.807, 2.05) is 24.3 Å². The van der Waals surface area contributed by atoms with Crippen molar-refractivity contribution in [1.29, 1.82) is 0 Å². The quantitative estimate of drug-likeness (QED) is 0.705. The summed E-state index contributed by atoms with van der Waals surface area (Å²) in [5.74, 6) is -0.416. The van der Waals surface area contributed by atoms with Crippen molar-refractivity contribution in [3.05, 3.63) is 95.1 Å². The number of rotatable bonds is 3. The summed E-state index contributed by atoms with van der Waals surface area (Å²) < 4.78 is 0.